The molecule has 0 heterocycles. The van der Waals surface area contributed by atoms with Crippen LogP contribution in [0.15, 0.2) is 47.4 Å². The van der Waals surface area contributed by atoms with Crippen LogP contribution in [0.3, 0.4) is 0 Å². The summed E-state index contributed by atoms with van der Waals surface area (Å²) in [5.74, 6) is 0.00516. The minimum atomic E-state index is 0.00516. The van der Waals surface area contributed by atoms with E-state index in [-0.39, 0.29) is 11.9 Å². The zero-order chi connectivity index (χ0) is 17.7. The third-order valence-electron chi connectivity index (χ3n) is 4.01. The van der Waals surface area contributed by atoms with Crippen LogP contribution >= 0.6 is 11.8 Å². The molecule has 0 saturated heterocycles. The molecule has 0 saturated carbocycles. The Morgan fingerprint density at radius 1 is 1.12 bits per heavy atom. The fourth-order valence-electron chi connectivity index (χ4n) is 2.86. The summed E-state index contributed by atoms with van der Waals surface area (Å²) in [4.78, 5) is 13.9. The SMILES string of the molecule is CC[C@@H](NC(=O)c1ccccc1SC(C)C)c1ccc(C)cc1C. The highest BCUT2D eigenvalue weighted by atomic mass is 32.2. The normalized spacial score (nSPS) is 12.2. The maximum absolute atomic E-state index is 12.8. The van der Waals surface area contributed by atoms with Crippen LogP contribution < -0.4 is 5.32 Å². The van der Waals surface area contributed by atoms with Crippen molar-refractivity contribution in [1.82, 2.24) is 5.32 Å². The van der Waals surface area contributed by atoms with Gasteiger partial charge in [0.05, 0.1) is 11.6 Å². The smallest absolute Gasteiger partial charge is 0.252 e. The third kappa shape index (κ3) is 4.64. The molecule has 1 atom stereocenters. The predicted octanol–water partition coefficient (Wildman–Crippen LogP) is 5.69. The van der Waals surface area contributed by atoms with Gasteiger partial charge in [-0.1, -0.05) is 56.7 Å². The second kappa shape index (κ2) is 8.39. The summed E-state index contributed by atoms with van der Waals surface area (Å²) in [5.41, 5.74) is 4.44. The van der Waals surface area contributed by atoms with Crippen LogP contribution in [0.5, 0.6) is 0 Å². The van der Waals surface area contributed by atoms with Crippen molar-refractivity contribution in [2.24, 2.45) is 0 Å². The molecule has 2 nitrogen and oxygen atoms in total. The molecule has 0 aliphatic heterocycles. The van der Waals surface area contributed by atoms with E-state index in [0.717, 1.165) is 16.9 Å². The molecule has 0 fully saturated rings. The third-order valence-corrected chi connectivity index (χ3v) is 5.09. The van der Waals surface area contributed by atoms with Crippen molar-refractivity contribution in [2.75, 3.05) is 0 Å². The molecule has 0 bridgehead atoms. The molecule has 128 valence electrons. The van der Waals surface area contributed by atoms with E-state index in [2.05, 4.69) is 58.1 Å². The first-order valence-electron chi connectivity index (χ1n) is 8.56. The van der Waals surface area contributed by atoms with E-state index in [9.17, 15) is 4.79 Å². The molecule has 1 amide bonds. The number of thioether (sulfide) groups is 1. The first-order chi connectivity index (χ1) is 11.4. The number of carbonyl (C=O) groups is 1. The largest absolute Gasteiger partial charge is 0.345 e. The molecule has 2 aromatic rings. The lowest BCUT2D eigenvalue weighted by atomic mass is 9.97. The highest BCUT2D eigenvalue weighted by Gasteiger charge is 2.18. The van der Waals surface area contributed by atoms with E-state index in [1.54, 1.807) is 11.8 Å². The van der Waals surface area contributed by atoms with Gasteiger partial charge in [0.15, 0.2) is 0 Å². The molecule has 0 aliphatic rings. The van der Waals surface area contributed by atoms with Crippen LogP contribution in [-0.2, 0) is 0 Å². The van der Waals surface area contributed by atoms with Gasteiger partial charge in [-0.2, -0.15) is 0 Å². The van der Waals surface area contributed by atoms with E-state index in [4.69, 9.17) is 0 Å². The highest BCUT2D eigenvalue weighted by molar-refractivity contribution is 8.00. The van der Waals surface area contributed by atoms with Crippen LogP contribution in [0.4, 0.5) is 0 Å². The summed E-state index contributed by atoms with van der Waals surface area (Å²) in [6.07, 6.45) is 0.870. The average Bonchev–Trinajstić information content (AvgIpc) is 2.53. The Hall–Kier alpha value is -1.74. The summed E-state index contributed by atoms with van der Waals surface area (Å²) in [5, 5.41) is 3.67. The van der Waals surface area contributed by atoms with E-state index in [1.165, 1.54) is 16.7 Å². The molecule has 0 aromatic heterocycles. The van der Waals surface area contributed by atoms with Crippen molar-refractivity contribution >= 4 is 17.7 Å². The topological polar surface area (TPSA) is 29.1 Å². The summed E-state index contributed by atoms with van der Waals surface area (Å²) in [7, 11) is 0. The second-order valence-corrected chi connectivity index (χ2v) is 8.08. The van der Waals surface area contributed by atoms with E-state index >= 15 is 0 Å². The van der Waals surface area contributed by atoms with Crippen LogP contribution in [0.1, 0.15) is 60.3 Å². The van der Waals surface area contributed by atoms with Gasteiger partial charge in [0.2, 0.25) is 0 Å². The molecule has 0 radical (unpaired) electrons. The minimum Gasteiger partial charge on any atom is -0.345 e. The van der Waals surface area contributed by atoms with Crippen molar-refractivity contribution < 1.29 is 4.79 Å². The average molecular weight is 342 g/mol. The number of benzene rings is 2. The van der Waals surface area contributed by atoms with Crippen molar-refractivity contribution in [2.45, 2.75) is 57.2 Å². The van der Waals surface area contributed by atoms with Gasteiger partial charge in [-0.3, -0.25) is 4.79 Å². The molecule has 1 N–H and O–H groups in total. The Morgan fingerprint density at radius 2 is 1.83 bits per heavy atom. The molecular formula is C21H27NOS. The zero-order valence-electron chi connectivity index (χ0n) is 15.2. The molecule has 3 heteroatoms. The molecule has 0 unspecified atom stereocenters. The lowest BCUT2D eigenvalue weighted by Gasteiger charge is -2.21. The number of hydrogen-bond acceptors (Lipinski definition) is 2. The van der Waals surface area contributed by atoms with Gasteiger partial charge < -0.3 is 5.32 Å². The van der Waals surface area contributed by atoms with Gasteiger partial charge in [-0.25, -0.2) is 0 Å². The fraction of sp³-hybridized carbons (Fsp3) is 0.381. The maximum atomic E-state index is 12.8. The second-order valence-electron chi connectivity index (χ2n) is 6.46. The summed E-state index contributed by atoms with van der Waals surface area (Å²) < 4.78 is 0. The van der Waals surface area contributed by atoms with Crippen LogP contribution in [-0.4, -0.2) is 11.2 Å². The zero-order valence-corrected chi connectivity index (χ0v) is 16.0. The number of amides is 1. The molecule has 24 heavy (non-hydrogen) atoms. The van der Waals surface area contributed by atoms with Crippen molar-refractivity contribution in [1.29, 1.82) is 0 Å². The van der Waals surface area contributed by atoms with Crippen LogP contribution in [0, 0.1) is 13.8 Å². The minimum absolute atomic E-state index is 0.00516. The lowest BCUT2D eigenvalue weighted by Crippen LogP contribution is -2.29. The van der Waals surface area contributed by atoms with Gasteiger partial charge in [0.25, 0.3) is 5.91 Å². The fourth-order valence-corrected chi connectivity index (χ4v) is 3.82. The van der Waals surface area contributed by atoms with Crippen LogP contribution in [0.25, 0.3) is 0 Å². The first kappa shape index (κ1) is 18.6. The summed E-state index contributed by atoms with van der Waals surface area (Å²) in [6, 6.07) is 14.3. The Kier molecular flexibility index (Phi) is 6.50. The Morgan fingerprint density at radius 3 is 2.46 bits per heavy atom. The van der Waals surface area contributed by atoms with Gasteiger partial charge in [0.1, 0.15) is 0 Å². The first-order valence-corrected chi connectivity index (χ1v) is 9.44. The predicted molar refractivity (Wildman–Crippen MR) is 104 cm³/mol. The van der Waals surface area contributed by atoms with Crippen molar-refractivity contribution in [3.05, 3.63) is 64.7 Å². The van der Waals surface area contributed by atoms with Gasteiger partial charge >= 0.3 is 0 Å². The Bertz CT molecular complexity index is 709. The molecule has 2 aromatic carbocycles. The monoisotopic (exact) mass is 341 g/mol. The van der Waals surface area contributed by atoms with E-state index in [1.807, 2.05) is 24.3 Å². The van der Waals surface area contributed by atoms with Crippen molar-refractivity contribution in [3.8, 4) is 0 Å². The number of nitrogens with one attached hydrogen (secondary N) is 1. The summed E-state index contributed by atoms with van der Waals surface area (Å²) >= 11 is 1.73. The molecule has 0 spiro atoms. The quantitative estimate of drug-likeness (QED) is 0.684. The number of carbonyl (C=O) groups excluding carboxylic acids is 1. The Balaban J connectivity index is 2.24. The standard InChI is InChI=1S/C21H27NOS/c1-6-19(17-12-11-15(4)13-16(17)5)22-21(23)18-9-7-8-10-20(18)24-14(2)3/h7-14,19H,6H2,1-5H3,(H,22,23)/t19-/m1/s1. The molecule has 0 aliphatic carbocycles. The van der Waals surface area contributed by atoms with Crippen LogP contribution in [0.2, 0.25) is 0 Å². The molecule has 2 rings (SSSR count). The summed E-state index contributed by atoms with van der Waals surface area (Å²) in [6.45, 7) is 10.6. The van der Waals surface area contributed by atoms with Gasteiger partial charge in [-0.15, -0.1) is 11.8 Å². The highest BCUT2D eigenvalue weighted by Crippen LogP contribution is 2.28. The maximum Gasteiger partial charge on any atom is 0.252 e. The lowest BCUT2D eigenvalue weighted by molar-refractivity contribution is 0.0932. The van der Waals surface area contributed by atoms with Crippen molar-refractivity contribution in [3.63, 3.8) is 0 Å². The van der Waals surface area contributed by atoms with E-state index in [0.29, 0.717) is 5.25 Å². The number of hydrogen-bond donors (Lipinski definition) is 1. The Labute approximate surface area is 150 Å². The van der Waals surface area contributed by atoms with E-state index < -0.39 is 0 Å². The molecular weight excluding hydrogens is 314 g/mol. The van der Waals surface area contributed by atoms with Gasteiger partial charge in [0, 0.05) is 10.1 Å². The van der Waals surface area contributed by atoms with Gasteiger partial charge in [-0.05, 0) is 43.5 Å². The number of rotatable bonds is 6. The number of aryl methyl sites for hydroxylation is 2.